The second kappa shape index (κ2) is 9.86. The fourth-order valence-corrected chi connectivity index (χ4v) is 3.83. The van der Waals surface area contributed by atoms with Crippen LogP contribution < -0.4 is 4.90 Å². The molecule has 0 radical (unpaired) electrons. The molecule has 1 aliphatic heterocycles. The molecule has 0 spiro atoms. The van der Waals surface area contributed by atoms with E-state index < -0.39 is 5.97 Å². The zero-order chi connectivity index (χ0) is 19.1. The van der Waals surface area contributed by atoms with Gasteiger partial charge in [0.15, 0.2) is 0 Å². The first-order valence-electron chi connectivity index (χ1n) is 8.63. The zero-order valence-corrected chi connectivity index (χ0v) is 17.0. The highest BCUT2D eigenvalue weighted by Gasteiger charge is 2.22. The van der Waals surface area contributed by atoms with Gasteiger partial charge in [-0.3, -0.25) is 4.79 Å². The van der Waals surface area contributed by atoms with Crippen LogP contribution in [0.3, 0.4) is 0 Å². The summed E-state index contributed by atoms with van der Waals surface area (Å²) in [6.07, 6.45) is 1.35. The SMILES string of the molecule is CCC(=O)O.CN(C)CCCN1c2ccccc2Sc2ccc(Cl)cc21. The number of hydrogen-bond acceptors (Lipinski definition) is 4. The van der Waals surface area contributed by atoms with E-state index in [0.29, 0.717) is 0 Å². The summed E-state index contributed by atoms with van der Waals surface area (Å²) in [4.78, 5) is 16.6. The minimum atomic E-state index is -0.745. The van der Waals surface area contributed by atoms with Gasteiger partial charge in [0.2, 0.25) is 0 Å². The maximum absolute atomic E-state index is 9.37. The molecule has 0 fully saturated rings. The number of nitrogens with zero attached hydrogens (tertiary/aromatic N) is 2. The van der Waals surface area contributed by atoms with Gasteiger partial charge in [-0.15, -0.1) is 0 Å². The third-order valence-electron chi connectivity index (χ3n) is 3.88. The molecule has 26 heavy (non-hydrogen) atoms. The topological polar surface area (TPSA) is 43.8 Å². The molecule has 0 atom stereocenters. The minimum Gasteiger partial charge on any atom is -0.481 e. The maximum atomic E-state index is 9.37. The lowest BCUT2D eigenvalue weighted by Crippen LogP contribution is -2.25. The Bertz CT molecular complexity index is 752. The largest absolute Gasteiger partial charge is 0.481 e. The van der Waals surface area contributed by atoms with Crippen LogP contribution in [0.5, 0.6) is 0 Å². The van der Waals surface area contributed by atoms with E-state index in [1.165, 1.54) is 21.2 Å². The molecule has 1 N–H and O–H groups in total. The number of carbonyl (C=O) groups is 1. The van der Waals surface area contributed by atoms with Crippen molar-refractivity contribution in [3.05, 3.63) is 47.5 Å². The number of hydrogen-bond donors (Lipinski definition) is 1. The lowest BCUT2D eigenvalue weighted by molar-refractivity contribution is -0.136. The normalized spacial score (nSPS) is 12.1. The second-order valence-electron chi connectivity index (χ2n) is 6.24. The van der Waals surface area contributed by atoms with E-state index in [1.807, 2.05) is 17.8 Å². The standard InChI is InChI=1S/C17H19ClN2S.C3H6O2/c1-19(2)10-5-11-20-14-6-3-4-7-16(14)21-17-9-8-13(18)12-15(17)20;1-2-3(4)5/h3-4,6-9,12H,5,10-11H2,1-2H3;2H2,1H3,(H,4,5). The Morgan fingerprint density at radius 3 is 2.46 bits per heavy atom. The minimum absolute atomic E-state index is 0.222. The van der Waals surface area contributed by atoms with Crippen LogP contribution in [-0.4, -0.2) is 43.2 Å². The van der Waals surface area contributed by atoms with Gasteiger partial charge >= 0.3 is 5.97 Å². The number of carboxylic acid groups (broad SMARTS) is 1. The van der Waals surface area contributed by atoms with Crippen LogP contribution >= 0.6 is 23.4 Å². The predicted molar refractivity (Wildman–Crippen MR) is 110 cm³/mol. The summed E-state index contributed by atoms with van der Waals surface area (Å²) < 4.78 is 0. The molecule has 3 rings (SSSR count). The fourth-order valence-electron chi connectivity index (χ4n) is 2.59. The van der Waals surface area contributed by atoms with Gasteiger partial charge in [-0.2, -0.15) is 0 Å². The molecule has 0 saturated heterocycles. The first-order chi connectivity index (χ1) is 12.4. The fraction of sp³-hybridized carbons (Fsp3) is 0.350. The van der Waals surface area contributed by atoms with Gasteiger partial charge in [-0.25, -0.2) is 0 Å². The molecule has 0 aromatic heterocycles. The van der Waals surface area contributed by atoms with E-state index in [-0.39, 0.29) is 6.42 Å². The molecule has 1 heterocycles. The average Bonchev–Trinajstić information content (AvgIpc) is 2.61. The van der Waals surface area contributed by atoms with Crippen molar-refractivity contribution in [3.63, 3.8) is 0 Å². The second-order valence-corrected chi connectivity index (χ2v) is 7.76. The van der Waals surface area contributed by atoms with Crippen LogP contribution in [0.2, 0.25) is 5.02 Å². The third-order valence-corrected chi connectivity index (χ3v) is 5.24. The number of fused-ring (bicyclic) bond motifs is 2. The van der Waals surface area contributed by atoms with Crippen LogP contribution in [0.25, 0.3) is 0 Å². The van der Waals surface area contributed by atoms with Crippen molar-refractivity contribution in [1.82, 2.24) is 4.90 Å². The Balaban J connectivity index is 0.000000431. The molecule has 2 aromatic rings. The van der Waals surface area contributed by atoms with E-state index in [1.54, 1.807) is 6.92 Å². The first kappa shape index (κ1) is 20.6. The Hall–Kier alpha value is -1.69. The summed E-state index contributed by atoms with van der Waals surface area (Å²) >= 11 is 8.03. The van der Waals surface area contributed by atoms with Crippen LogP contribution in [-0.2, 0) is 4.79 Å². The van der Waals surface area contributed by atoms with Gasteiger partial charge in [0, 0.05) is 27.8 Å². The van der Waals surface area contributed by atoms with E-state index in [2.05, 4.69) is 60.3 Å². The molecule has 0 bridgehead atoms. The highest BCUT2D eigenvalue weighted by atomic mass is 35.5. The summed E-state index contributed by atoms with van der Waals surface area (Å²) in [5.41, 5.74) is 2.51. The lowest BCUT2D eigenvalue weighted by atomic mass is 10.2. The number of carboxylic acids is 1. The number of rotatable bonds is 5. The number of para-hydroxylation sites is 1. The molecule has 4 nitrogen and oxygen atoms in total. The monoisotopic (exact) mass is 392 g/mol. The molecule has 0 amide bonds. The highest BCUT2D eigenvalue weighted by Crippen LogP contribution is 2.48. The summed E-state index contributed by atoms with van der Waals surface area (Å²) in [6, 6.07) is 14.8. The summed E-state index contributed by atoms with van der Waals surface area (Å²) in [7, 11) is 4.23. The van der Waals surface area contributed by atoms with Gasteiger partial charge in [-0.1, -0.05) is 42.4 Å². The van der Waals surface area contributed by atoms with Crippen molar-refractivity contribution in [2.45, 2.75) is 29.6 Å². The molecule has 1 aliphatic rings. The Morgan fingerprint density at radius 2 is 1.81 bits per heavy atom. The third kappa shape index (κ3) is 5.66. The molecule has 6 heteroatoms. The van der Waals surface area contributed by atoms with Crippen LogP contribution in [0.15, 0.2) is 52.3 Å². The average molecular weight is 393 g/mol. The smallest absolute Gasteiger partial charge is 0.303 e. The van der Waals surface area contributed by atoms with Gasteiger partial charge in [0.1, 0.15) is 0 Å². The van der Waals surface area contributed by atoms with Crippen molar-refractivity contribution in [3.8, 4) is 0 Å². The molecule has 2 aromatic carbocycles. The van der Waals surface area contributed by atoms with Gasteiger partial charge < -0.3 is 14.9 Å². The van der Waals surface area contributed by atoms with Gasteiger partial charge in [0.25, 0.3) is 0 Å². The van der Waals surface area contributed by atoms with Crippen molar-refractivity contribution in [1.29, 1.82) is 0 Å². The summed E-state index contributed by atoms with van der Waals surface area (Å²) in [6.45, 7) is 3.69. The molecule has 0 saturated carbocycles. The molecular formula is C20H25ClN2O2S. The van der Waals surface area contributed by atoms with E-state index in [9.17, 15) is 4.79 Å². The lowest BCUT2D eigenvalue weighted by Gasteiger charge is -2.33. The van der Waals surface area contributed by atoms with E-state index in [0.717, 1.165) is 24.5 Å². The van der Waals surface area contributed by atoms with E-state index in [4.69, 9.17) is 16.7 Å². The van der Waals surface area contributed by atoms with Crippen molar-refractivity contribution in [2.75, 3.05) is 32.1 Å². The molecule has 0 unspecified atom stereocenters. The van der Waals surface area contributed by atoms with Crippen molar-refractivity contribution >= 4 is 40.7 Å². The summed E-state index contributed by atoms with van der Waals surface area (Å²) in [5.74, 6) is -0.745. The molecule has 0 aliphatic carbocycles. The first-order valence-corrected chi connectivity index (χ1v) is 9.82. The van der Waals surface area contributed by atoms with Crippen molar-refractivity contribution in [2.24, 2.45) is 0 Å². The maximum Gasteiger partial charge on any atom is 0.303 e. The van der Waals surface area contributed by atoms with Crippen molar-refractivity contribution < 1.29 is 9.90 Å². The van der Waals surface area contributed by atoms with E-state index >= 15 is 0 Å². The Morgan fingerprint density at radius 1 is 1.15 bits per heavy atom. The molecular weight excluding hydrogens is 368 g/mol. The quantitative estimate of drug-likeness (QED) is 0.740. The number of benzene rings is 2. The zero-order valence-electron chi connectivity index (χ0n) is 15.4. The summed E-state index contributed by atoms with van der Waals surface area (Å²) in [5, 5.41) is 8.52. The van der Waals surface area contributed by atoms with Crippen LogP contribution in [0.1, 0.15) is 19.8 Å². The van der Waals surface area contributed by atoms with Crippen LogP contribution in [0, 0.1) is 0 Å². The van der Waals surface area contributed by atoms with Crippen LogP contribution in [0.4, 0.5) is 11.4 Å². The van der Waals surface area contributed by atoms with Gasteiger partial charge in [0.05, 0.1) is 11.4 Å². The number of anilines is 2. The Labute approximate surface area is 164 Å². The van der Waals surface area contributed by atoms with Gasteiger partial charge in [-0.05, 0) is 57.4 Å². The number of aliphatic carboxylic acids is 1. The molecule has 140 valence electrons. The number of halogens is 1. The predicted octanol–water partition coefficient (Wildman–Crippen LogP) is 5.38. The highest BCUT2D eigenvalue weighted by molar-refractivity contribution is 7.99. The Kier molecular flexibility index (Phi) is 7.82.